The fraction of sp³-hybridized carbons (Fsp3) is 0.143. The largest absolute Gasteiger partial charge is 0.489 e. The number of rotatable bonds is 5. The number of benzene rings is 4. The van der Waals surface area contributed by atoms with Crippen molar-refractivity contribution in [3.05, 3.63) is 129 Å². The van der Waals surface area contributed by atoms with Gasteiger partial charge in [-0.1, -0.05) is 66.7 Å². The van der Waals surface area contributed by atoms with Crippen LogP contribution in [0.3, 0.4) is 0 Å². The molecule has 0 amide bonds. The van der Waals surface area contributed by atoms with E-state index in [9.17, 15) is 0 Å². The van der Waals surface area contributed by atoms with Crippen LogP contribution in [0.15, 0.2) is 103 Å². The molecule has 154 valence electrons. The van der Waals surface area contributed by atoms with E-state index >= 15 is 0 Å². The molecule has 0 N–H and O–H groups in total. The van der Waals surface area contributed by atoms with Crippen molar-refractivity contribution in [1.29, 1.82) is 0 Å². The molecule has 0 saturated carbocycles. The van der Waals surface area contributed by atoms with Crippen molar-refractivity contribution in [3.8, 4) is 5.75 Å². The van der Waals surface area contributed by atoms with Crippen LogP contribution in [0, 0.1) is 3.57 Å². The average Bonchev–Trinajstić information content (AvgIpc) is 2.84. The molecule has 0 aliphatic carbocycles. The van der Waals surface area contributed by atoms with Gasteiger partial charge in [-0.15, -0.1) is 0 Å². The fourth-order valence-corrected chi connectivity index (χ4v) is 4.70. The van der Waals surface area contributed by atoms with Crippen molar-refractivity contribution in [2.24, 2.45) is 0 Å². The normalized spacial score (nSPS) is 15.4. The minimum Gasteiger partial charge on any atom is -0.489 e. The molecule has 0 fully saturated rings. The van der Waals surface area contributed by atoms with Gasteiger partial charge in [-0.2, -0.15) is 0 Å². The second-order valence-electron chi connectivity index (χ2n) is 7.87. The molecule has 3 heteroatoms. The number of hydrogen-bond donors (Lipinski definition) is 0. The first-order valence-corrected chi connectivity index (χ1v) is 11.7. The number of para-hydroxylation sites is 1. The van der Waals surface area contributed by atoms with E-state index in [1.54, 1.807) is 0 Å². The van der Waals surface area contributed by atoms with Crippen molar-refractivity contribution in [2.75, 3.05) is 11.4 Å². The molecule has 0 radical (unpaired) electrons. The van der Waals surface area contributed by atoms with Crippen molar-refractivity contribution in [2.45, 2.75) is 19.1 Å². The predicted molar refractivity (Wildman–Crippen MR) is 136 cm³/mol. The third kappa shape index (κ3) is 4.47. The van der Waals surface area contributed by atoms with E-state index in [2.05, 4.69) is 125 Å². The SMILES string of the molecule is Ic1ccc(C2c3ccc(OCc4ccccc4)cc3CCN2c2ccccc2)cc1. The van der Waals surface area contributed by atoms with Gasteiger partial charge in [0.15, 0.2) is 0 Å². The van der Waals surface area contributed by atoms with Gasteiger partial charge in [-0.3, -0.25) is 0 Å². The molecule has 0 saturated heterocycles. The number of nitrogens with zero attached hydrogens (tertiary/aromatic N) is 1. The molecule has 31 heavy (non-hydrogen) atoms. The van der Waals surface area contributed by atoms with Crippen LogP contribution < -0.4 is 9.64 Å². The second-order valence-corrected chi connectivity index (χ2v) is 9.11. The molecule has 2 nitrogen and oxygen atoms in total. The van der Waals surface area contributed by atoms with Gasteiger partial charge in [-0.05, 0) is 87.7 Å². The van der Waals surface area contributed by atoms with Gasteiger partial charge in [0.1, 0.15) is 12.4 Å². The highest BCUT2D eigenvalue weighted by atomic mass is 127. The average molecular weight is 517 g/mol. The number of fused-ring (bicyclic) bond motifs is 1. The Bertz CT molecular complexity index is 1140. The minimum atomic E-state index is 0.200. The van der Waals surface area contributed by atoms with Crippen molar-refractivity contribution >= 4 is 28.3 Å². The highest BCUT2D eigenvalue weighted by Crippen LogP contribution is 2.39. The second kappa shape index (κ2) is 9.15. The van der Waals surface area contributed by atoms with Gasteiger partial charge in [-0.25, -0.2) is 0 Å². The number of halogens is 1. The van der Waals surface area contributed by atoms with Gasteiger partial charge in [0, 0.05) is 15.8 Å². The lowest BCUT2D eigenvalue weighted by Gasteiger charge is -2.39. The van der Waals surface area contributed by atoms with Gasteiger partial charge >= 0.3 is 0 Å². The summed E-state index contributed by atoms with van der Waals surface area (Å²) in [7, 11) is 0. The number of hydrogen-bond acceptors (Lipinski definition) is 2. The maximum absolute atomic E-state index is 6.11. The zero-order chi connectivity index (χ0) is 21.0. The highest BCUT2D eigenvalue weighted by Gasteiger charge is 2.29. The zero-order valence-corrected chi connectivity index (χ0v) is 19.4. The van der Waals surface area contributed by atoms with Crippen LogP contribution in [-0.2, 0) is 13.0 Å². The summed E-state index contributed by atoms with van der Waals surface area (Å²) < 4.78 is 7.37. The van der Waals surface area contributed by atoms with E-state index in [4.69, 9.17) is 4.74 Å². The molecule has 0 spiro atoms. The van der Waals surface area contributed by atoms with Crippen molar-refractivity contribution in [1.82, 2.24) is 0 Å². The van der Waals surface area contributed by atoms with E-state index in [-0.39, 0.29) is 6.04 Å². The molecule has 5 rings (SSSR count). The standard InChI is InChI=1S/C28H24INO/c29-24-13-11-22(12-14-24)28-27-16-15-26(31-20-21-7-3-1-4-8-21)19-23(27)17-18-30(28)25-9-5-2-6-10-25/h1-16,19,28H,17-18,20H2. The lowest BCUT2D eigenvalue weighted by Crippen LogP contribution is -2.36. The summed E-state index contributed by atoms with van der Waals surface area (Å²) in [6.07, 6.45) is 1.01. The van der Waals surface area contributed by atoms with Gasteiger partial charge in [0.05, 0.1) is 6.04 Å². The number of ether oxygens (including phenoxy) is 1. The van der Waals surface area contributed by atoms with Gasteiger partial charge < -0.3 is 9.64 Å². The Balaban J connectivity index is 1.48. The molecule has 1 heterocycles. The molecule has 1 atom stereocenters. The van der Waals surface area contributed by atoms with Crippen LogP contribution in [0.1, 0.15) is 28.3 Å². The van der Waals surface area contributed by atoms with E-state index in [1.165, 1.54) is 31.5 Å². The van der Waals surface area contributed by atoms with Crippen molar-refractivity contribution < 1.29 is 4.74 Å². The summed E-state index contributed by atoms with van der Waals surface area (Å²) in [6.45, 7) is 1.58. The summed E-state index contributed by atoms with van der Waals surface area (Å²) in [5.41, 5.74) is 6.51. The summed E-state index contributed by atoms with van der Waals surface area (Å²) in [6, 6.07) is 36.8. The van der Waals surface area contributed by atoms with Crippen LogP contribution in [0.4, 0.5) is 5.69 Å². The predicted octanol–water partition coefficient (Wildman–Crippen LogP) is 7.02. The summed E-state index contributed by atoms with van der Waals surface area (Å²) >= 11 is 2.37. The Labute approximate surface area is 197 Å². The molecule has 4 aromatic rings. The molecule has 0 aromatic heterocycles. The van der Waals surface area contributed by atoms with Crippen LogP contribution in [0.25, 0.3) is 0 Å². The Morgan fingerprint density at radius 3 is 2.26 bits per heavy atom. The lowest BCUT2D eigenvalue weighted by molar-refractivity contribution is 0.305. The first-order valence-electron chi connectivity index (χ1n) is 10.6. The van der Waals surface area contributed by atoms with Gasteiger partial charge in [0.25, 0.3) is 0 Å². The first kappa shape index (κ1) is 20.1. The van der Waals surface area contributed by atoms with Crippen molar-refractivity contribution in [3.63, 3.8) is 0 Å². The molecular weight excluding hydrogens is 493 g/mol. The fourth-order valence-electron chi connectivity index (χ4n) is 4.34. The molecule has 1 aliphatic rings. The molecule has 1 unspecified atom stereocenters. The third-order valence-electron chi connectivity index (χ3n) is 5.86. The molecular formula is C28H24INO. The van der Waals surface area contributed by atoms with E-state index in [0.717, 1.165) is 18.7 Å². The Kier molecular flexibility index (Phi) is 5.94. The summed E-state index contributed by atoms with van der Waals surface area (Å²) in [5.74, 6) is 0.942. The Morgan fingerprint density at radius 1 is 0.806 bits per heavy atom. The number of anilines is 1. The van der Waals surface area contributed by atoms with Crippen LogP contribution >= 0.6 is 22.6 Å². The van der Waals surface area contributed by atoms with E-state index in [0.29, 0.717) is 6.61 Å². The molecule has 0 bridgehead atoms. The topological polar surface area (TPSA) is 12.5 Å². The lowest BCUT2D eigenvalue weighted by atomic mass is 9.87. The summed E-state index contributed by atoms with van der Waals surface area (Å²) in [4.78, 5) is 2.52. The van der Waals surface area contributed by atoms with Crippen LogP contribution in [0.5, 0.6) is 5.75 Å². The van der Waals surface area contributed by atoms with Crippen LogP contribution in [0.2, 0.25) is 0 Å². The Hall–Kier alpha value is -2.79. The maximum Gasteiger partial charge on any atom is 0.120 e. The smallest absolute Gasteiger partial charge is 0.120 e. The summed E-state index contributed by atoms with van der Waals surface area (Å²) in [5, 5.41) is 0. The zero-order valence-electron chi connectivity index (χ0n) is 17.2. The van der Waals surface area contributed by atoms with E-state index < -0.39 is 0 Å². The quantitative estimate of drug-likeness (QED) is 0.264. The maximum atomic E-state index is 6.11. The first-order chi connectivity index (χ1) is 15.3. The molecule has 1 aliphatic heterocycles. The highest BCUT2D eigenvalue weighted by molar-refractivity contribution is 14.1. The van der Waals surface area contributed by atoms with Gasteiger partial charge in [0.2, 0.25) is 0 Å². The molecule has 4 aromatic carbocycles. The van der Waals surface area contributed by atoms with Crippen LogP contribution in [-0.4, -0.2) is 6.54 Å². The van der Waals surface area contributed by atoms with E-state index in [1.807, 2.05) is 6.07 Å². The third-order valence-corrected chi connectivity index (χ3v) is 6.58. The minimum absolute atomic E-state index is 0.200. The monoisotopic (exact) mass is 517 g/mol. The Morgan fingerprint density at radius 2 is 1.52 bits per heavy atom.